The van der Waals surface area contributed by atoms with Gasteiger partial charge in [0, 0.05) is 12.4 Å². The average molecular weight is 373 g/mol. The molecular weight excluding hydrogens is 328 g/mol. The summed E-state index contributed by atoms with van der Waals surface area (Å²) in [4.78, 5) is 0. The molecule has 2 heteroatoms. The average Bonchev–Trinajstić information content (AvgIpc) is 2.73. The maximum atomic E-state index is 4.44. The van der Waals surface area contributed by atoms with Crippen molar-refractivity contribution in [2.24, 2.45) is 45.7 Å². The first-order valence-electron chi connectivity index (χ1n) is 12.3. The van der Waals surface area contributed by atoms with E-state index in [0.717, 1.165) is 23.7 Å². The molecule has 2 nitrogen and oxygen atoms in total. The minimum atomic E-state index is 0.684. The molecule has 27 heavy (non-hydrogen) atoms. The molecule has 0 heterocycles. The summed E-state index contributed by atoms with van der Waals surface area (Å²) in [6.45, 7) is 4.67. The number of hydrogen-bond acceptors (Lipinski definition) is 2. The maximum absolute atomic E-state index is 4.44. The lowest BCUT2D eigenvalue weighted by atomic mass is 9.69. The molecule has 0 aromatic carbocycles. The summed E-state index contributed by atoms with van der Waals surface area (Å²) in [7, 11) is 0. The van der Waals surface area contributed by atoms with Crippen molar-refractivity contribution in [3.05, 3.63) is 0 Å². The standard InChI is InChI=1S/C25H44N2/c1-3-5-21-10-14-24(15-11-21)25-16-12-23(13-17-25)19-27-26-18-22-8-6-20(4-2)7-9-22/h18-25H,3-17H2,1-2H3/b26-18+,27-19+. The highest BCUT2D eigenvalue weighted by molar-refractivity contribution is 5.64. The highest BCUT2D eigenvalue weighted by Crippen LogP contribution is 2.41. The molecule has 0 saturated heterocycles. The number of hydrogen-bond donors (Lipinski definition) is 0. The van der Waals surface area contributed by atoms with Gasteiger partial charge in [-0.3, -0.25) is 0 Å². The Morgan fingerprint density at radius 3 is 1.52 bits per heavy atom. The fourth-order valence-electron chi connectivity index (χ4n) is 6.13. The van der Waals surface area contributed by atoms with Gasteiger partial charge in [-0.2, -0.15) is 10.2 Å². The van der Waals surface area contributed by atoms with Crippen LogP contribution in [-0.4, -0.2) is 12.4 Å². The third-order valence-electron chi connectivity index (χ3n) is 8.16. The van der Waals surface area contributed by atoms with Crippen LogP contribution in [0.2, 0.25) is 0 Å². The molecule has 0 unspecified atom stereocenters. The lowest BCUT2D eigenvalue weighted by Gasteiger charge is -2.37. The third-order valence-corrected chi connectivity index (χ3v) is 8.16. The zero-order chi connectivity index (χ0) is 18.9. The quantitative estimate of drug-likeness (QED) is 0.323. The number of nitrogens with zero attached hydrogens (tertiary/aromatic N) is 2. The maximum Gasteiger partial charge on any atom is 0.0301 e. The molecule has 0 atom stereocenters. The molecule has 3 fully saturated rings. The summed E-state index contributed by atoms with van der Waals surface area (Å²) in [5.41, 5.74) is 0. The molecular formula is C25H44N2. The second-order valence-electron chi connectivity index (χ2n) is 9.96. The van der Waals surface area contributed by atoms with E-state index >= 15 is 0 Å². The zero-order valence-corrected chi connectivity index (χ0v) is 18.1. The SMILES string of the molecule is CCCC1CCC(C2CCC(/C=N/N=C/C3CCC(CC)CC3)CC2)CC1. The van der Waals surface area contributed by atoms with E-state index in [4.69, 9.17) is 0 Å². The molecule has 0 spiro atoms. The molecule has 3 aliphatic rings. The largest absolute Gasteiger partial charge is 0.164 e. The Morgan fingerprint density at radius 1 is 0.593 bits per heavy atom. The highest BCUT2D eigenvalue weighted by atomic mass is 15.2. The minimum absolute atomic E-state index is 0.684. The minimum Gasteiger partial charge on any atom is -0.164 e. The van der Waals surface area contributed by atoms with E-state index < -0.39 is 0 Å². The third kappa shape index (κ3) is 6.71. The predicted molar refractivity (Wildman–Crippen MR) is 119 cm³/mol. The monoisotopic (exact) mass is 372 g/mol. The van der Waals surface area contributed by atoms with Crippen molar-refractivity contribution in [3.8, 4) is 0 Å². The summed E-state index contributed by atoms with van der Waals surface area (Å²) in [5, 5.41) is 8.86. The van der Waals surface area contributed by atoms with Gasteiger partial charge >= 0.3 is 0 Å². The molecule has 0 bridgehead atoms. The summed E-state index contributed by atoms with van der Waals surface area (Å²) in [5.74, 6) is 5.43. The Bertz CT molecular complexity index is 445. The first-order chi connectivity index (χ1) is 13.3. The van der Waals surface area contributed by atoms with Crippen LogP contribution >= 0.6 is 0 Å². The van der Waals surface area contributed by atoms with Crippen molar-refractivity contribution >= 4 is 12.4 Å². The van der Waals surface area contributed by atoms with Gasteiger partial charge in [-0.25, -0.2) is 0 Å². The molecule has 0 amide bonds. The summed E-state index contributed by atoms with van der Waals surface area (Å²) in [6, 6.07) is 0. The number of rotatable bonds is 7. The Kier molecular flexibility index (Phi) is 8.87. The van der Waals surface area contributed by atoms with Gasteiger partial charge in [0.1, 0.15) is 0 Å². The van der Waals surface area contributed by atoms with Crippen molar-refractivity contribution in [2.45, 2.75) is 110 Å². The van der Waals surface area contributed by atoms with Gasteiger partial charge in [-0.15, -0.1) is 0 Å². The first kappa shape index (κ1) is 21.1. The van der Waals surface area contributed by atoms with E-state index in [1.807, 2.05) is 0 Å². The topological polar surface area (TPSA) is 24.7 Å². The van der Waals surface area contributed by atoms with Crippen LogP contribution in [0, 0.1) is 35.5 Å². The van der Waals surface area contributed by atoms with E-state index in [1.165, 1.54) is 96.3 Å². The van der Waals surface area contributed by atoms with Crippen molar-refractivity contribution in [1.29, 1.82) is 0 Å². The Hall–Kier alpha value is -0.660. The predicted octanol–water partition coefficient (Wildman–Crippen LogP) is 7.67. The summed E-state index contributed by atoms with van der Waals surface area (Å²) < 4.78 is 0. The molecule has 3 rings (SSSR count). The van der Waals surface area contributed by atoms with Gasteiger partial charge in [0.15, 0.2) is 0 Å². The molecule has 0 aromatic rings. The first-order valence-corrected chi connectivity index (χ1v) is 12.3. The van der Waals surface area contributed by atoms with Crippen LogP contribution < -0.4 is 0 Å². The molecule has 0 N–H and O–H groups in total. The van der Waals surface area contributed by atoms with Crippen LogP contribution in [0.3, 0.4) is 0 Å². The van der Waals surface area contributed by atoms with Gasteiger partial charge in [-0.1, -0.05) is 46.0 Å². The van der Waals surface area contributed by atoms with Crippen LogP contribution in [-0.2, 0) is 0 Å². The molecule has 0 aliphatic heterocycles. The zero-order valence-electron chi connectivity index (χ0n) is 18.1. The Morgan fingerprint density at radius 2 is 1.04 bits per heavy atom. The molecule has 3 aliphatic carbocycles. The molecule has 3 saturated carbocycles. The lowest BCUT2D eigenvalue weighted by Crippen LogP contribution is -2.26. The summed E-state index contributed by atoms with van der Waals surface area (Å²) >= 11 is 0. The van der Waals surface area contributed by atoms with E-state index in [0.29, 0.717) is 11.8 Å². The van der Waals surface area contributed by atoms with Crippen molar-refractivity contribution in [2.75, 3.05) is 0 Å². The normalized spacial score (nSPS) is 38.6. The highest BCUT2D eigenvalue weighted by Gasteiger charge is 2.30. The van der Waals surface area contributed by atoms with Crippen LogP contribution in [0.15, 0.2) is 10.2 Å². The molecule has 0 aromatic heterocycles. The summed E-state index contributed by atoms with van der Waals surface area (Å²) in [6.07, 6.45) is 25.5. The van der Waals surface area contributed by atoms with Crippen molar-refractivity contribution < 1.29 is 0 Å². The van der Waals surface area contributed by atoms with Crippen molar-refractivity contribution in [1.82, 2.24) is 0 Å². The fraction of sp³-hybridized carbons (Fsp3) is 0.920. The molecule has 0 radical (unpaired) electrons. The van der Waals surface area contributed by atoms with Gasteiger partial charge < -0.3 is 0 Å². The van der Waals surface area contributed by atoms with Crippen molar-refractivity contribution in [3.63, 3.8) is 0 Å². The van der Waals surface area contributed by atoms with Gasteiger partial charge in [0.05, 0.1) is 0 Å². The van der Waals surface area contributed by atoms with Crippen LogP contribution in [0.25, 0.3) is 0 Å². The van der Waals surface area contributed by atoms with E-state index in [9.17, 15) is 0 Å². The lowest BCUT2D eigenvalue weighted by molar-refractivity contribution is 0.156. The van der Waals surface area contributed by atoms with Crippen LogP contribution in [0.4, 0.5) is 0 Å². The second kappa shape index (κ2) is 11.4. The molecule has 154 valence electrons. The fourth-order valence-corrected chi connectivity index (χ4v) is 6.13. The Labute approximate surface area is 168 Å². The van der Waals surface area contributed by atoms with E-state index in [-0.39, 0.29) is 0 Å². The van der Waals surface area contributed by atoms with Crippen LogP contribution in [0.1, 0.15) is 110 Å². The van der Waals surface area contributed by atoms with Crippen LogP contribution in [0.5, 0.6) is 0 Å². The van der Waals surface area contributed by atoms with Gasteiger partial charge in [0.2, 0.25) is 0 Å². The van der Waals surface area contributed by atoms with E-state index in [2.05, 4.69) is 36.5 Å². The Balaban J connectivity index is 1.31. The second-order valence-corrected chi connectivity index (χ2v) is 9.96. The smallest absolute Gasteiger partial charge is 0.0301 e. The van der Waals surface area contributed by atoms with Gasteiger partial charge in [-0.05, 0) is 99.7 Å². The van der Waals surface area contributed by atoms with E-state index in [1.54, 1.807) is 0 Å². The van der Waals surface area contributed by atoms with Gasteiger partial charge in [0.25, 0.3) is 0 Å².